The third-order valence-corrected chi connectivity index (χ3v) is 2.84. The van der Waals surface area contributed by atoms with Crippen LogP contribution in [0.25, 0.3) is 0 Å². The van der Waals surface area contributed by atoms with Gasteiger partial charge in [0.15, 0.2) is 0 Å². The smallest absolute Gasteiger partial charge is 0.374 e. The fraction of sp³-hybridized carbons (Fsp3) is 0.857. The molecule has 0 saturated carbocycles. The van der Waals surface area contributed by atoms with Gasteiger partial charge < -0.3 is 4.74 Å². The molecule has 0 N–H and O–H groups in total. The van der Waals surface area contributed by atoms with Gasteiger partial charge in [-0.15, -0.1) is 0 Å². The monoisotopic (exact) mass is 242 g/mol. The number of Topliss-reactive ketones (excluding diaryl/α,β-unsaturated/α-hetero) is 1. The van der Waals surface area contributed by atoms with Crippen molar-refractivity contribution in [3.8, 4) is 0 Å². The summed E-state index contributed by atoms with van der Waals surface area (Å²) in [6.45, 7) is 6.20. The predicted octanol–water partition coefficient (Wildman–Crippen LogP) is 3.51. The van der Waals surface area contributed by atoms with Gasteiger partial charge in [0.05, 0.1) is 6.61 Å². The molecule has 3 nitrogen and oxygen atoms in total. The second-order valence-electron chi connectivity index (χ2n) is 4.66. The molecule has 0 saturated heterocycles. The highest BCUT2D eigenvalue weighted by Gasteiger charge is 2.17. The van der Waals surface area contributed by atoms with E-state index < -0.39 is 5.97 Å². The Balaban J connectivity index is 3.60. The lowest BCUT2D eigenvalue weighted by Gasteiger charge is -2.09. The van der Waals surface area contributed by atoms with Crippen LogP contribution in [-0.4, -0.2) is 18.4 Å². The average Bonchev–Trinajstić information content (AvgIpc) is 2.29. The minimum absolute atomic E-state index is 0.274. The number of rotatable bonds is 10. The Morgan fingerprint density at radius 2 is 1.71 bits per heavy atom. The van der Waals surface area contributed by atoms with E-state index in [9.17, 15) is 9.59 Å². The van der Waals surface area contributed by atoms with Gasteiger partial charge in [0.25, 0.3) is 0 Å². The average molecular weight is 242 g/mol. The van der Waals surface area contributed by atoms with Crippen molar-refractivity contribution >= 4 is 11.8 Å². The molecule has 0 aliphatic rings. The summed E-state index contributed by atoms with van der Waals surface area (Å²) in [6.07, 6.45) is 7.53. The van der Waals surface area contributed by atoms with Crippen LogP contribution in [0.1, 0.15) is 65.7 Å². The normalized spacial score (nSPS) is 12.2. The third kappa shape index (κ3) is 8.90. The van der Waals surface area contributed by atoms with E-state index in [4.69, 9.17) is 0 Å². The minimum atomic E-state index is -0.676. The van der Waals surface area contributed by atoms with Crippen molar-refractivity contribution in [2.24, 2.45) is 5.92 Å². The molecular weight excluding hydrogens is 216 g/mol. The van der Waals surface area contributed by atoms with Crippen LogP contribution < -0.4 is 0 Å². The van der Waals surface area contributed by atoms with Crippen molar-refractivity contribution in [1.82, 2.24) is 0 Å². The zero-order chi connectivity index (χ0) is 13.1. The van der Waals surface area contributed by atoms with Crippen LogP contribution in [0.5, 0.6) is 0 Å². The molecule has 0 heterocycles. The molecule has 0 unspecified atom stereocenters. The number of carbonyl (C=O) groups is 2. The molecule has 0 amide bonds. The highest BCUT2D eigenvalue weighted by atomic mass is 16.5. The Kier molecular flexibility index (Phi) is 9.78. The van der Waals surface area contributed by atoms with Gasteiger partial charge in [-0.3, -0.25) is 4.79 Å². The second-order valence-corrected chi connectivity index (χ2v) is 4.66. The number of unbranched alkanes of at least 4 members (excludes halogenated alkanes) is 4. The fourth-order valence-electron chi connectivity index (χ4n) is 1.81. The first-order valence-corrected chi connectivity index (χ1v) is 6.81. The summed E-state index contributed by atoms with van der Waals surface area (Å²) < 4.78 is 4.67. The van der Waals surface area contributed by atoms with E-state index in [0.29, 0.717) is 6.42 Å². The van der Waals surface area contributed by atoms with Crippen LogP contribution in [0.4, 0.5) is 0 Å². The first kappa shape index (κ1) is 16.1. The van der Waals surface area contributed by atoms with Crippen molar-refractivity contribution in [1.29, 1.82) is 0 Å². The molecule has 0 aromatic heterocycles. The summed E-state index contributed by atoms with van der Waals surface area (Å²) in [7, 11) is 0. The van der Waals surface area contributed by atoms with Gasteiger partial charge in [-0.25, -0.2) is 4.79 Å². The van der Waals surface area contributed by atoms with Gasteiger partial charge >= 0.3 is 5.97 Å². The summed E-state index contributed by atoms with van der Waals surface area (Å²) in [5.74, 6) is -0.772. The quantitative estimate of drug-likeness (QED) is 0.334. The molecule has 0 aromatic rings. The van der Waals surface area contributed by atoms with E-state index in [1.54, 1.807) is 6.92 Å². The molecule has 1 atom stereocenters. The zero-order valence-electron chi connectivity index (χ0n) is 11.5. The highest BCUT2D eigenvalue weighted by molar-refractivity contribution is 6.33. The van der Waals surface area contributed by atoms with Crippen LogP contribution in [0.2, 0.25) is 0 Å². The van der Waals surface area contributed by atoms with Crippen LogP contribution in [0.15, 0.2) is 0 Å². The Labute approximate surface area is 105 Å². The van der Waals surface area contributed by atoms with Crippen molar-refractivity contribution in [3.05, 3.63) is 0 Å². The van der Waals surface area contributed by atoms with E-state index in [0.717, 1.165) is 12.8 Å². The molecule has 0 bridgehead atoms. The molecular formula is C14H26O3. The lowest BCUT2D eigenvalue weighted by atomic mass is 9.97. The standard InChI is InChI=1S/C14H26O3/c1-4-6-7-8-9-10-12(3)11-13(15)14(16)17-5-2/h12H,4-11H2,1-3H3/t12-/m1/s1. The van der Waals surface area contributed by atoms with Gasteiger partial charge in [0.2, 0.25) is 5.78 Å². The molecule has 0 rings (SSSR count). The lowest BCUT2D eigenvalue weighted by Crippen LogP contribution is -2.19. The molecule has 100 valence electrons. The molecule has 0 aliphatic heterocycles. The Morgan fingerprint density at radius 1 is 1.06 bits per heavy atom. The molecule has 0 spiro atoms. The Hall–Kier alpha value is -0.860. The highest BCUT2D eigenvalue weighted by Crippen LogP contribution is 2.14. The molecule has 3 heteroatoms. The van der Waals surface area contributed by atoms with Gasteiger partial charge in [0.1, 0.15) is 0 Å². The SMILES string of the molecule is CCCCCCC[C@@H](C)CC(=O)C(=O)OCC. The zero-order valence-corrected chi connectivity index (χ0v) is 11.5. The summed E-state index contributed by atoms with van der Waals surface area (Å²) in [5, 5.41) is 0. The summed E-state index contributed by atoms with van der Waals surface area (Å²) in [5.41, 5.74) is 0. The van der Waals surface area contributed by atoms with Crippen LogP contribution in [0, 0.1) is 5.92 Å². The van der Waals surface area contributed by atoms with Crippen LogP contribution in [-0.2, 0) is 14.3 Å². The predicted molar refractivity (Wildman–Crippen MR) is 68.8 cm³/mol. The molecule has 0 fully saturated rings. The molecule has 0 aromatic carbocycles. The van der Waals surface area contributed by atoms with Crippen molar-refractivity contribution in [2.75, 3.05) is 6.61 Å². The van der Waals surface area contributed by atoms with Gasteiger partial charge in [-0.1, -0.05) is 52.4 Å². The fourth-order valence-corrected chi connectivity index (χ4v) is 1.81. The van der Waals surface area contributed by atoms with Crippen LogP contribution >= 0.6 is 0 Å². The first-order valence-electron chi connectivity index (χ1n) is 6.81. The number of ether oxygens (including phenoxy) is 1. The van der Waals surface area contributed by atoms with E-state index in [-0.39, 0.29) is 18.3 Å². The van der Waals surface area contributed by atoms with Gasteiger partial charge in [-0.05, 0) is 12.8 Å². The molecule has 0 radical (unpaired) electrons. The second kappa shape index (κ2) is 10.3. The third-order valence-electron chi connectivity index (χ3n) is 2.84. The Bertz CT molecular complexity index is 224. The van der Waals surface area contributed by atoms with Crippen LogP contribution in [0.3, 0.4) is 0 Å². The summed E-state index contributed by atoms with van der Waals surface area (Å²) in [6, 6.07) is 0. The number of esters is 1. The van der Waals surface area contributed by atoms with Gasteiger partial charge in [0, 0.05) is 6.42 Å². The van der Waals surface area contributed by atoms with E-state index in [2.05, 4.69) is 11.7 Å². The lowest BCUT2D eigenvalue weighted by molar-refractivity contribution is -0.153. The van der Waals surface area contributed by atoms with E-state index >= 15 is 0 Å². The summed E-state index contributed by atoms with van der Waals surface area (Å²) in [4.78, 5) is 22.5. The first-order chi connectivity index (χ1) is 8.11. The van der Waals surface area contributed by atoms with E-state index in [1.165, 1.54) is 25.7 Å². The van der Waals surface area contributed by atoms with Crippen molar-refractivity contribution in [2.45, 2.75) is 65.7 Å². The van der Waals surface area contributed by atoms with Gasteiger partial charge in [-0.2, -0.15) is 0 Å². The molecule has 17 heavy (non-hydrogen) atoms. The maximum atomic E-state index is 11.4. The van der Waals surface area contributed by atoms with E-state index in [1.807, 2.05) is 6.92 Å². The molecule has 0 aliphatic carbocycles. The van der Waals surface area contributed by atoms with Crippen molar-refractivity contribution in [3.63, 3.8) is 0 Å². The maximum Gasteiger partial charge on any atom is 0.374 e. The largest absolute Gasteiger partial charge is 0.460 e. The number of ketones is 1. The topological polar surface area (TPSA) is 43.4 Å². The minimum Gasteiger partial charge on any atom is -0.460 e. The Morgan fingerprint density at radius 3 is 2.29 bits per heavy atom. The summed E-state index contributed by atoms with van der Waals surface area (Å²) >= 11 is 0. The number of hydrogen-bond donors (Lipinski definition) is 0. The number of hydrogen-bond acceptors (Lipinski definition) is 3. The van der Waals surface area contributed by atoms with Crippen molar-refractivity contribution < 1.29 is 14.3 Å². The maximum absolute atomic E-state index is 11.4. The number of carbonyl (C=O) groups excluding carboxylic acids is 2.